The lowest BCUT2D eigenvalue weighted by Gasteiger charge is -2.22. The zero-order chi connectivity index (χ0) is 13.9. The van der Waals surface area contributed by atoms with E-state index in [0.29, 0.717) is 13.2 Å². The molecule has 3 N–H and O–H groups in total. The summed E-state index contributed by atoms with van der Waals surface area (Å²) in [4.78, 5) is 0. The van der Waals surface area contributed by atoms with Crippen LogP contribution in [0.15, 0.2) is 30.5 Å². The van der Waals surface area contributed by atoms with Crippen LogP contribution in [-0.4, -0.2) is 23.0 Å². The first-order valence-electron chi connectivity index (χ1n) is 6.71. The molecule has 0 fully saturated rings. The summed E-state index contributed by atoms with van der Waals surface area (Å²) >= 11 is 0. The smallest absolute Gasteiger partial charge is 0.161 e. The zero-order valence-electron chi connectivity index (χ0n) is 11.4. The van der Waals surface area contributed by atoms with Crippen molar-refractivity contribution in [3.05, 3.63) is 41.7 Å². The van der Waals surface area contributed by atoms with Crippen LogP contribution >= 0.6 is 0 Å². The molecule has 1 aromatic carbocycles. The van der Waals surface area contributed by atoms with E-state index in [0.717, 1.165) is 29.3 Å². The van der Waals surface area contributed by atoms with E-state index in [9.17, 15) is 0 Å². The number of ether oxygens (including phenoxy) is 2. The number of hydrazine groups is 1. The van der Waals surface area contributed by atoms with Gasteiger partial charge in [-0.15, -0.1) is 0 Å². The van der Waals surface area contributed by atoms with Crippen molar-refractivity contribution in [1.82, 2.24) is 15.2 Å². The Morgan fingerprint density at radius 1 is 1.30 bits per heavy atom. The number of nitrogens with zero attached hydrogens (tertiary/aromatic N) is 2. The molecule has 1 aliphatic rings. The molecule has 1 atom stereocenters. The van der Waals surface area contributed by atoms with Gasteiger partial charge in [0.25, 0.3) is 0 Å². The third-order valence-electron chi connectivity index (χ3n) is 3.41. The molecule has 1 aromatic heterocycles. The molecule has 6 heteroatoms. The average Bonchev–Trinajstić information content (AvgIpc) is 2.96. The molecule has 0 aliphatic carbocycles. The maximum atomic E-state index is 5.73. The number of aryl methyl sites for hydroxylation is 1. The van der Waals surface area contributed by atoms with Gasteiger partial charge in [-0.2, -0.15) is 5.10 Å². The van der Waals surface area contributed by atoms with E-state index in [4.69, 9.17) is 15.3 Å². The third kappa shape index (κ3) is 2.23. The minimum Gasteiger partial charge on any atom is -0.486 e. The lowest BCUT2D eigenvalue weighted by molar-refractivity contribution is 0.171. The van der Waals surface area contributed by atoms with Gasteiger partial charge in [0.2, 0.25) is 0 Å². The van der Waals surface area contributed by atoms with Crippen molar-refractivity contribution in [2.24, 2.45) is 5.84 Å². The van der Waals surface area contributed by atoms with Crippen LogP contribution in [0.25, 0.3) is 0 Å². The molecule has 0 saturated carbocycles. The fraction of sp³-hybridized carbons (Fsp3) is 0.357. The largest absolute Gasteiger partial charge is 0.486 e. The van der Waals surface area contributed by atoms with Crippen LogP contribution in [0, 0.1) is 0 Å². The molecule has 20 heavy (non-hydrogen) atoms. The normalized spacial score (nSPS) is 15.1. The van der Waals surface area contributed by atoms with Gasteiger partial charge in [-0.25, -0.2) is 5.43 Å². The van der Waals surface area contributed by atoms with E-state index in [-0.39, 0.29) is 6.04 Å². The van der Waals surface area contributed by atoms with Crippen molar-refractivity contribution < 1.29 is 9.47 Å². The van der Waals surface area contributed by atoms with E-state index >= 15 is 0 Å². The van der Waals surface area contributed by atoms with Crippen molar-refractivity contribution >= 4 is 0 Å². The number of hydrogen-bond acceptors (Lipinski definition) is 5. The second-order valence-corrected chi connectivity index (χ2v) is 4.57. The molecule has 1 aliphatic heterocycles. The Bertz CT molecular complexity index is 597. The average molecular weight is 274 g/mol. The number of fused-ring (bicyclic) bond motifs is 1. The number of aromatic nitrogens is 2. The topological polar surface area (TPSA) is 74.3 Å². The zero-order valence-corrected chi connectivity index (χ0v) is 11.4. The molecule has 106 valence electrons. The van der Waals surface area contributed by atoms with Crippen molar-refractivity contribution in [2.45, 2.75) is 19.5 Å². The predicted octanol–water partition coefficient (Wildman–Crippen LogP) is 1.23. The van der Waals surface area contributed by atoms with Gasteiger partial charge >= 0.3 is 0 Å². The monoisotopic (exact) mass is 274 g/mol. The van der Waals surface area contributed by atoms with Crippen LogP contribution in [0.1, 0.15) is 24.2 Å². The first kappa shape index (κ1) is 13.0. The first-order valence-corrected chi connectivity index (χ1v) is 6.71. The van der Waals surface area contributed by atoms with Crippen LogP contribution in [0.2, 0.25) is 0 Å². The molecule has 6 nitrogen and oxygen atoms in total. The summed E-state index contributed by atoms with van der Waals surface area (Å²) in [6.07, 6.45) is 1.78. The summed E-state index contributed by atoms with van der Waals surface area (Å²) in [5.74, 6) is 7.27. The molecule has 2 heterocycles. The van der Waals surface area contributed by atoms with Crippen LogP contribution in [0.3, 0.4) is 0 Å². The lowest BCUT2D eigenvalue weighted by Crippen LogP contribution is -2.30. The van der Waals surface area contributed by atoms with Gasteiger partial charge in [0.05, 0.1) is 11.7 Å². The van der Waals surface area contributed by atoms with Gasteiger partial charge in [0.15, 0.2) is 11.5 Å². The number of nitrogens with two attached hydrogens (primary N) is 1. The standard InChI is InChI=1S/C14H18N4O2/c1-2-18-11(5-6-16-18)14(17-15)10-3-4-12-13(9-10)20-8-7-19-12/h3-6,9,14,17H,2,7-8,15H2,1H3. The second kappa shape index (κ2) is 5.52. The molecule has 2 aromatic rings. The third-order valence-corrected chi connectivity index (χ3v) is 3.41. The maximum Gasteiger partial charge on any atom is 0.161 e. The van der Waals surface area contributed by atoms with Gasteiger partial charge in [-0.1, -0.05) is 6.07 Å². The number of benzene rings is 1. The summed E-state index contributed by atoms with van der Waals surface area (Å²) in [6.45, 7) is 4.01. The van der Waals surface area contributed by atoms with Gasteiger partial charge in [0, 0.05) is 12.7 Å². The van der Waals surface area contributed by atoms with Gasteiger partial charge in [-0.05, 0) is 30.7 Å². The quantitative estimate of drug-likeness (QED) is 0.648. The Balaban J connectivity index is 1.97. The highest BCUT2D eigenvalue weighted by molar-refractivity contribution is 5.46. The van der Waals surface area contributed by atoms with Crippen LogP contribution in [0.4, 0.5) is 0 Å². The molecule has 0 spiro atoms. The van der Waals surface area contributed by atoms with E-state index < -0.39 is 0 Å². The number of rotatable bonds is 4. The molecule has 0 bridgehead atoms. The Morgan fingerprint density at radius 3 is 2.85 bits per heavy atom. The Morgan fingerprint density at radius 2 is 2.10 bits per heavy atom. The molecular weight excluding hydrogens is 256 g/mol. The number of hydrogen-bond donors (Lipinski definition) is 2. The SMILES string of the molecule is CCn1nccc1C(NN)c1ccc2c(c1)OCCO2. The van der Waals surface area contributed by atoms with Crippen molar-refractivity contribution in [2.75, 3.05) is 13.2 Å². The van der Waals surface area contributed by atoms with Gasteiger partial charge < -0.3 is 9.47 Å². The van der Waals surface area contributed by atoms with Crippen LogP contribution < -0.4 is 20.7 Å². The Hall–Kier alpha value is -2.05. The van der Waals surface area contributed by atoms with Crippen LogP contribution in [0.5, 0.6) is 11.5 Å². The molecule has 0 amide bonds. The lowest BCUT2D eigenvalue weighted by atomic mass is 10.0. The second-order valence-electron chi connectivity index (χ2n) is 4.57. The Labute approximate surface area is 117 Å². The highest BCUT2D eigenvalue weighted by Crippen LogP contribution is 2.34. The van der Waals surface area contributed by atoms with Crippen molar-refractivity contribution in [3.8, 4) is 11.5 Å². The van der Waals surface area contributed by atoms with Crippen molar-refractivity contribution in [3.63, 3.8) is 0 Å². The van der Waals surface area contributed by atoms with E-state index in [1.165, 1.54) is 0 Å². The fourth-order valence-corrected chi connectivity index (χ4v) is 2.44. The summed E-state index contributed by atoms with van der Waals surface area (Å²) < 4.78 is 13.1. The Kier molecular flexibility index (Phi) is 3.58. The molecule has 0 radical (unpaired) electrons. The first-order chi connectivity index (χ1) is 9.83. The van der Waals surface area contributed by atoms with E-state index in [2.05, 4.69) is 10.5 Å². The fourth-order valence-electron chi connectivity index (χ4n) is 2.44. The molecule has 0 saturated heterocycles. The van der Waals surface area contributed by atoms with Gasteiger partial charge in [-0.3, -0.25) is 10.5 Å². The van der Waals surface area contributed by atoms with Gasteiger partial charge in [0.1, 0.15) is 13.2 Å². The van der Waals surface area contributed by atoms with Crippen LogP contribution in [-0.2, 0) is 6.54 Å². The summed E-state index contributed by atoms with van der Waals surface area (Å²) in [6, 6.07) is 7.70. The van der Waals surface area contributed by atoms with E-state index in [1.54, 1.807) is 6.20 Å². The van der Waals surface area contributed by atoms with Crippen molar-refractivity contribution in [1.29, 1.82) is 0 Å². The maximum absolute atomic E-state index is 5.73. The molecular formula is C14H18N4O2. The summed E-state index contributed by atoms with van der Waals surface area (Å²) in [5.41, 5.74) is 4.89. The molecule has 1 unspecified atom stereocenters. The highest BCUT2D eigenvalue weighted by Gasteiger charge is 2.20. The highest BCUT2D eigenvalue weighted by atomic mass is 16.6. The molecule has 3 rings (SSSR count). The van der Waals surface area contributed by atoms with E-state index in [1.807, 2.05) is 35.9 Å². The summed E-state index contributed by atoms with van der Waals surface area (Å²) in [7, 11) is 0. The minimum absolute atomic E-state index is 0.131. The predicted molar refractivity (Wildman–Crippen MR) is 74.5 cm³/mol. The summed E-state index contributed by atoms with van der Waals surface area (Å²) in [5, 5.41) is 4.28. The minimum atomic E-state index is -0.131. The number of nitrogens with one attached hydrogen (secondary N) is 1.